The Labute approximate surface area is 277 Å². The molecule has 0 bridgehead atoms. The number of hydrogen-bond acceptors (Lipinski definition) is 13. The van der Waals surface area contributed by atoms with Gasteiger partial charge in [-0.3, -0.25) is 19.2 Å². The van der Waals surface area contributed by atoms with Gasteiger partial charge in [-0.25, -0.2) is 0 Å². The van der Waals surface area contributed by atoms with Crippen LogP contribution in [0.2, 0.25) is 0 Å². The minimum absolute atomic E-state index is 0.0362. The van der Waals surface area contributed by atoms with E-state index in [1.165, 1.54) is 33.1 Å². The Bertz CT molecular complexity index is 1950. The van der Waals surface area contributed by atoms with E-state index in [-0.39, 0.29) is 51.1 Å². The van der Waals surface area contributed by atoms with Crippen molar-refractivity contribution in [3.63, 3.8) is 0 Å². The highest BCUT2D eigenvalue weighted by Gasteiger charge is 2.46. The Kier molecular flexibility index (Phi) is 8.37. The minimum atomic E-state index is -1.77. The standard InChI is InChI=1S/C34H33NO14/c1-10-5-17-23(29(42)20(10)32(44)35-12(3)33(45)46)22-15(27(40)31(17)49-34-28(41)19(37)6-11(2)48-34)9-16-24(30(22)43)26(39)14-7-13(47-4)8-18(36)21(14)25(16)38/h5,7-9,11-12,19,27-28,31,34,36-37,40-43H,6H2,1-4H3,(H,35,44)(H,45,46)/t11?,12?,19?,27-,28?,31-,34?/m0/s1. The molecule has 6 rings (SSSR count). The zero-order valence-electron chi connectivity index (χ0n) is 26.5. The van der Waals surface area contributed by atoms with Crippen molar-refractivity contribution in [3.8, 4) is 34.1 Å². The van der Waals surface area contributed by atoms with Crippen molar-refractivity contribution in [2.45, 2.75) is 70.0 Å². The predicted octanol–water partition coefficient (Wildman–Crippen LogP) is 1.73. The molecule has 1 amide bonds. The van der Waals surface area contributed by atoms with Crippen molar-refractivity contribution in [3.05, 3.63) is 68.8 Å². The Hall–Kier alpha value is -5.06. The second-order valence-electron chi connectivity index (χ2n) is 12.4. The first-order valence-corrected chi connectivity index (χ1v) is 15.2. The summed E-state index contributed by atoms with van der Waals surface area (Å²) in [5.41, 5.74) is -2.79. The molecule has 0 spiro atoms. The van der Waals surface area contributed by atoms with Gasteiger partial charge >= 0.3 is 5.97 Å². The van der Waals surface area contributed by atoms with Crippen molar-refractivity contribution in [1.82, 2.24) is 5.32 Å². The third kappa shape index (κ3) is 5.26. The Morgan fingerprint density at radius 3 is 2.20 bits per heavy atom. The van der Waals surface area contributed by atoms with Crippen molar-refractivity contribution >= 4 is 23.4 Å². The number of carbonyl (C=O) groups excluding carboxylic acids is 3. The summed E-state index contributed by atoms with van der Waals surface area (Å²) in [7, 11) is 1.28. The number of amides is 1. The van der Waals surface area contributed by atoms with E-state index in [0.29, 0.717) is 0 Å². The van der Waals surface area contributed by atoms with Crippen LogP contribution in [0.25, 0.3) is 11.1 Å². The first-order valence-electron chi connectivity index (χ1n) is 15.2. The number of aryl methyl sites for hydroxylation is 1. The zero-order chi connectivity index (χ0) is 35.8. The maximum Gasteiger partial charge on any atom is 0.325 e. The number of methoxy groups -OCH3 is 1. The van der Waals surface area contributed by atoms with Gasteiger partial charge in [0.2, 0.25) is 0 Å². The third-order valence-electron chi connectivity index (χ3n) is 9.13. The summed E-state index contributed by atoms with van der Waals surface area (Å²) in [5, 5.41) is 78.8. The fraction of sp³-hybridized carbons (Fsp3) is 0.353. The number of aliphatic hydroxyl groups excluding tert-OH is 3. The highest BCUT2D eigenvalue weighted by atomic mass is 16.7. The maximum absolute atomic E-state index is 13.9. The monoisotopic (exact) mass is 679 g/mol. The zero-order valence-corrected chi connectivity index (χ0v) is 26.5. The number of aliphatic carboxylic acids is 1. The summed E-state index contributed by atoms with van der Waals surface area (Å²) in [6.45, 7) is 4.25. The molecule has 0 radical (unpaired) electrons. The van der Waals surface area contributed by atoms with Crippen molar-refractivity contribution in [1.29, 1.82) is 0 Å². The molecule has 8 N–H and O–H groups in total. The van der Waals surface area contributed by atoms with Gasteiger partial charge in [0.15, 0.2) is 17.9 Å². The van der Waals surface area contributed by atoms with Crippen molar-refractivity contribution in [2.75, 3.05) is 7.11 Å². The minimum Gasteiger partial charge on any atom is -0.507 e. The summed E-state index contributed by atoms with van der Waals surface area (Å²) in [4.78, 5) is 52.5. The third-order valence-corrected chi connectivity index (χ3v) is 9.13. The summed E-state index contributed by atoms with van der Waals surface area (Å²) in [5.74, 6) is -6.28. The smallest absolute Gasteiger partial charge is 0.325 e. The Balaban J connectivity index is 1.60. The number of carboxylic acids is 1. The van der Waals surface area contributed by atoms with Gasteiger partial charge in [0.05, 0.1) is 36.0 Å². The lowest BCUT2D eigenvalue weighted by atomic mass is 9.74. The quantitative estimate of drug-likeness (QED) is 0.145. The van der Waals surface area contributed by atoms with Gasteiger partial charge in [-0.1, -0.05) is 6.07 Å². The average molecular weight is 680 g/mol. The first kappa shape index (κ1) is 33.8. The lowest BCUT2D eigenvalue weighted by molar-refractivity contribution is -0.288. The molecule has 0 saturated carbocycles. The highest BCUT2D eigenvalue weighted by molar-refractivity contribution is 6.31. The van der Waals surface area contributed by atoms with Crippen LogP contribution in [-0.2, 0) is 14.3 Å². The number of phenols is 3. The summed E-state index contributed by atoms with van der Waals surface area (Å²) < 4.78 is 16.9. The Morgan fingerprint density at radius 1 is 0.918 bits per heavy atom. The van der Waals surface area contributed by atoms with E-state index in [1.807, 2.05) is 0 Å². The van der Waals surface area contributed by atoms with Crippen LogP contribution in [0.1, 0.15) is 91.4 Å². The van der Waals surface area contributed by atoms with E-state index in [0.717, 1.165) is 12.1 Å². The van der Waals surface area contributed by atoms with Crippen LogP contribution in [0.3, 0.4) is 0 Å². The van der Waals surface area contributed by atoms with Gasteiger partial charge < -0.3 is 55.3 Å². The van der Waals surface area contributed by atoms with Gasteiger partial charge in [-0.2, -0.15) is 0 Å². The van der Waals surface area contributed by atoms with E-state index in [2.05, 4.69) is 5.32 Å². The molecule has 49 heavy (non-hydrogen) atoms. The molecule has 0 aromatic heterocycles. The number of fused-ring (bicyclic) bond motifs is 5. The van der Waals surface area contributed by atoms with Crippen LogP contribution in [-0.4, -0.2) is 96.9 Å². The van der Waals surface area contributed by atoms with E-state index < -0.39 is 100 Å². The molecule has 1 fully saturated rings. The molecular weight excluding hydrogens is 646 g/mol. The summed E-state index contributed by atoms with van der Waals surface area (Å²) >= 11 is 0. The number of ether oxygens (including phenoxy) is 3. The topological polar surface area (TPSA) is 250 Å². The molecule has 15 nitrogen and oxygen atoms in total. The molecular formula is C34H33NO14. The fourth-order valence-electron chi connectivity index (χ4n) is 6.69. The molecule has 1 heterocycles. The molecule has 1 aliphatic heterocycles. The number of nitrogens with one attached hydrogen (secondary N) is 1. The largest absolute Gasteiger partial charge is 0.507 e. The number of phenolic OH excluding ortho intramolecular Hbond substituents is 3. The van der Waals surface area contributed by atoms with Crippen LogP contribution >= 0.6 is 0 Å². The lowest BCUT2D eigenvalue weighted by Crippen LogP contribution is -2.49. The molecule has 15 heteroatoms. The van der Waals surface area contributed by atoms with Gasteiger partial charge in [-0.05, 0) is 49.6 Å². The normalized spacial score (nSPS) is 24.6. The second-order valence-corrected chi connectivity index (χ2v) is 12.4. The van der Waals surface area contributed by atoms with Crippen molar-refractivity contribution in [2.24, 2.45) is 0 Å². The van der Waals surface area contributed by atoms with Crippen LogP contribution in [0.4, 0.5) is 0 Å². The van der Waals surface area contributed by atoms with Crippen LogP contribution in [0, 0.1) is 6.92 Å². The highest BCUT2D eigenvalue weighted by Crippen LogP contribution is 2.57. The number of ketones is 2. The molecule has 1 saturated heterocycles. The van der Waals surface area contributed by atoms with E-state index in [1.54, 1.807) is 6.92 Å². The van der Waals surface area contributed by atoms with Crippen LogP contribution in [0.15, 0.2) is 24.3 Å². The molecule has 3 aromatic rings. The average Bonchev–Trinajstić information content (AvgIpc) is 3.03. The van der Waals surface area contributed by atoms with Gasteiger partial charge in [-0.15, -0.1) is 0 Å². The molecule has 258 valence electrons. The number of rotatable bonds is 6. The number of carboxylic acid groups (broad SMARTS) is 1. The van der Waals surface area contributed by atoms with Crippen molar-refractivity contribution < 1.29 is 69.1 Å². The summed E-state index contributed by atoms with van der Waals surface area (Å²) in [6, 6.07) is 3.41. The number of benzene rings is 3. The number of carbonyl (C=O) groups is 4. The molecule has 2 aliphatic carbocycles. The summed E-state index contributed by atoms with van der Waals surface area (Å²) in [6.07, 6.45) is -8.15. The van der Waals surface area contributed by atoms with E-state index in [9.17, 15) is 54.9 Å². The maximum atomic E-state index is 13.9. The number of aliphatic hydroxyl groups is 3. The first-order chi connectivity index (χ1) is 23.1. The van der Waals surface area contributed by atoms with E-state index >= 15 is 0 Å². The van der Waals surface area contributed by atoms with Gasteiger partial charge in [0, 0.05) is 34.7 Å². The number of aromatic hydroxyl groups is 3. The number of hydrogen-bond donors (Lipinski definition) is 8. The predicted molar refractivity (Wildman–Crippen MR) is 166 cm³/mol. The lowest BCUT2D eigenvalue weighted by Gasteiger charge is -2.41. The van der Waals surface area contributed by atoms with Gasteiger partial charge in [0.1, 0.15) is 47.4 Å². The molecule has 7 atom stereocenters. The van der Waals surface area contributed by atoms with E-state index in [4.69, 9.17) is 14.2 Å². The van der Waals surface area contributed by atoms with Crippen LogP contribution in [0.5, 0.6) is 23.0 Å². The Morgan fingerprint density at radius 2 is 1.55 bits per heavy atom. The fourth-order valence-corrected chi connectivity index (χ4v) is 6.69. The SMILES string of the molecule is COc1cc(O)c2c(c1)C(=O)c1c(cc3c(c1O)-c1c(cc(C)c(C(=O)NC(C)C(=O)O)c1O)[C@H](OC1OC(C)CC(O)C1O)[C@H]3O)C2=O. The van der Waals surface area contributed by atoms with Gasteiger partial charge in [0.25, 0.3) is 5.91 Å². The van der Waals surface area contributed by atoms with Crippen LogP contribution < -0.4 is 10.1 Å². The molecule has 3 aromatic carbocycles. The molecule has 5 unspecified atom stereocenters. The molecule has 3 aliphatic rings. The second kappa shape index (κ2) is 12.1.